The molecule has 1 atom stereocenters. The minimum absolute atomic E-state index is 0.152. The molecule has 9 nitrogen and oxygen atoms in total. The van der Waals surface area contributed by atoms with Gasteiger partial charge >= 0.3 is 5.69 Å². The van der Waals surface area contributed by atoms with Gasteiger partial charge in [0, 0.05) is 12.7 Å². The van der Waals surface area contributed by atoms with E-state index in [2.05, 4.69) is 15.5 Å². The molecule has 2 rings (SSSR count). The van der Waals surface area contributed by atoms with E-state index in [1.165, 1.54) is 10.9 Å². The van der Waals surface area contributed by atoms with Crippen LogP contribution in [0.15, 0.2) is 24.7 Å². The Bertz CT molecular complexity index is 718. The van der Waals surface area contributed by atoms with Gasteiger partial charge in [-0.1, -0.05) is 0 Å². The molecule has 2 aromatic rings. The summed E-state index contributed by atoms with van der Waals surface area (Å²) in [6, 6.07) is 1.57. The molecular weight excluding hydrogens is 300 g/mol. The highest BCUT2D eigenvalue weighted by Gasteiger charge is 2.33. The Morgan fingerprint density at radius 2 is 2.22 bits per heavy atom. The van der Waals surface area contributed by atoms with E-state index in [0.717, 1.165) is 18.4 Å². The summed E-state index contributed by atoms with van der Waals surface area (Å²) in [5.74, 6) is -0.297. The Hall–Kier alpha value is -2.71. The molecule has 0 saturated heterocycles. The molecule has 0 fully saturated rings. The number of rotatable bonds is 6. The number of nitrogens with one attached hydrogen (secondary N) is 1. The molecule has 1 N–H and O–H groups in total. The van der Waals surface area contributed by atoms with Crippen LogP contribution in [0.4, 0.5) is 5.69 Å². The lowest BCUT2D eigenvalue weighted by molar-refractivity contribution is -0.385. The number of aryl methyl sites for hydroxylation is 1. The van der Waals surface area contributed by atoms with Crippen LogP contribution in [0.1, 0.15) is 39.4 Å². The number of aromatic nitrogens is 4. The van der Waals surface area contributed by atoms with Crippen molar-refractivity contribution in [1.29, 1.82) is 0 Å². The Balaban J connectivity index is 2.12. The van der Waals surface area contributed by atoms with Crippen LogP contribution in [0.3, 0.4) is 0 Å². The van der Waals surface area contributed by atoms with Gasteiger partial charge in [0.05, 0.1) is 16.7 Å². The van der Waals surface area contributed by atoms with Gasteiger partial charge in [-0.15, -0.1) is 0 Å². The predicted octanol–water partition coefficient (Wildman–Crippen LogP) is 1.62. The van der Waals surface area contributed by atoms with Crippen molar-refractivity contribution in [3.63, 3.8) is 0 Å². The number of nitrogens with zero attached hydrogens (tertiary/aromatic N) is 5. The third kappa shape index (κ3) is 3.38. The molecule has 0 spiro atoms. The zero-order valence-electron chi connectivity index (χ0n) is 13.6. The van der Waals surface area contributed by atoms with Crippen LogP contribution in [0.5, 0.6) is 0 Å². The van der Waals surface area contributed by atoms with E-state index in [1.54, 1.807) is 18.5 Å². The maximum Gasteiger partial charge on any atom is 0.307 e. The van der Waals surface area contributed by atoms with E-state index in [4.69, 9.17) is 0 Å². The van der Waals surface area contributed by atoms with Crippen molar-refractivity contribution in [3.8, 4) is 0 Å². The zero-order valence-corrected chi connectivity index (χ0v) is 13.6. The maximum absolute atomic E-state index is 12.5. The first-order valence-electron chi connectivity index (χ1n) is 7.29. The number of amides is 1. The Kier molecular flexibility index (Phi) is 4.48. The summed E-state index contributed by atoms with van der Waals surface area (Å²) in [5.41, 5.74) is -0.460. The highest BCUT2D eigenvalue weighted by molar-refractivity contribution is 5.83. The molecular formula is C14H20N6O3. The topological polar surface area (TPSA) is 108 Å². The first-order chi connectivity index (χ1) is 10.8. The van der Waals surface area contributed by atoms with Gasteiger partial charge in [-0.3, -0.25) is 24.3 Å². The lowest BCUT2D eigenvalue weighted by Crippen LogP contribution is -2.45. The third-order valence-corrected chi connectivity index (χ3v) is 3.68. The second kappa shape index (κ2) is 6.19. The molecule has 2 aromatic heterocycles. The molecule has 124 valence electrons. The monoisotopic (exact) mass is 320 g/mol. The molecule has 0 radical (unpaired) electrons. The predicted molar refractivity (Wildman–Crippen MR) is 82.7 cm³/mol. The minimum atomic E-state index is -1.06. The number of carbonyl (C=O) groups is 1. The summed E-state index contributed by atoms with van der Waals surface area (Å²) in [4.78, 5) is 22.7. The second-order valence-electron chi connectivity index (χ2n) is 5.75. The molecule has 1 amide bonds. The lowest BCUT2D eigenvalue weighted by Gasteiger charge is -2.25. The molecule has 0 saturated carbocycles. The summed E-state index contributed by atoms with van der Waals surface area (Å²) >= 11 is 0. The average Bonchev–Trinajstić information content (AvgIpc) is 3.16. The van der Waals surface area contributed by atoms with Crippen LogP contribution in [-0.4, -0.2) is 30.4 Å². The summed E-state index contributed by atoms with van der Waals surface area (Å²) < 4.78 is 3.07. The van der Waals surface area contributed by atoms with Gasteiger partial charge in [-0.25, -0.2) is 0 Å². The second-order valence-corrected chi connectivity index (χ2v) is 5.75. The Labute approximate surface area is 133 Å². The van der Waals surface area contributed by atoms with Crippen molar-refractivity contribution in [2.45, 2.75) is 45.8 Å². The van der Waals surface area contributed by atoms with E-state index in [9.17, 15) is 14.9 Å². The molecule has 0 bridgehead atoms. The number of hydrogen-bond acceptors (Lipinski definition) is 5. The highest BCUT2D eigenvalue weighted by atomic mass is 16.6. The van der Waals surface area contributed by atoms with Crippen LogP contribution in [0, 0.1) is 10.1 Å². The van der Waals surface area contributed by atoms with Crippen molar-refractivity contribution in [2.24, 2.45) is 0 Å². The van der Waals surface area contributed by atoms with Crippen LogP contribution >= 0.6 is 0 Å². The largest absolute Gasteiger partial charge is 0.346 e. The molecule has 1 unspecified atom stereocenters. The Morgan fingerprint density at radius 3 is 2.74 bits per heavy atom. The standard InChI is InChI=1S/C14H20N6O3/c1-5-18-7-6-12(17-18)10(2)16-13(21)14(3,4)19-9-11(8-15-19)20(22)23/h6-10H,5H2,1-4H3,(H,16,21). The third-order valence-electron chi connectivity index (χ3n) is 3.68. The summed E-state index contributed by atoms with van der Waals surface area (Å²) in [7, 11) is 0. The van der Waals surface area contributed by atoms with Crippen molar-refractivity contribution in [1.82, 2.24) is 24.9 Å². The van der Waals surface area contributed by atoms with Crippen LogP contribution in [0.2, 0.25) is 0 Å². The van der Waals surface area contributed by atoms with E-state index in [0.29, 0.717) is 0 Å². The number of carbonyl (C=O) groups excluding carboxylic acids is 1. The molecule has 2 heterocycles. The van der Waals surface area contributed by atoms with Crippen LogP contribution in [0.25, 0.3) is 0 Å². The van der Waals surface area contributed by atoms with Crippen molar-refractivity contribution < 1.29 is 9.72 Å². The van der Waals surface area contributed by atoms with E-state index in [1.807, 2.05) is 26.1 Å². The molecule has 0 aliphatic carbocycles. The van der Waals surface area contributed by atoms with E-state index < -0.39 is 10.5 Å². The van der Waals surface area contributed by atoms with Crippen molar-refractivity contribution >= 4 is 11.6 Å². The Morgan fingerprint density at radius 1 is 1.52 bits per heavy atom. The van der Waals surface area contributed by atoms with Crippen LogP contribution < -0.4 is 5.32 Å². The van der Waals surface area contributed by atoms with Crippen molar-refractivity contribution in [3.05, 3.63) is 40.5 Å². The van der Waals surface area contributed by atoms with E-state index >= 15 is 0 Å². The summed E-state index contributed by atoms with van der Waals surface area (Å²) in [6.07, 6.45) is 4.22. The van der Waals surface area contributed by atoms with Gasteiger partial charge in [-0.2, -0.15) is 10.2 Å². The summed E-state index contributed by atoms with van der Waals surface area (Å²) in [5, 5.41) is 21.9. The minimum Gasteiger partial charge on any atom is -0.346 e. The number of hydrogen-bond donors (Lipinski definition) is 1. The molecule has 0 aliphatic rings. The first-order valence-corrected chi connectivity index (χ1v) is 7.29. The normalized spacial score (nSPS) is 12.9. The van der Waals surface area contributed by atoms with Gasteiger partial charge in [0.25, 0.3) is 0 Å². The fraction of sp³-hybridized carbons (Fsp3) is 0.500. The lowest BCUT2D eigenvalue weighted by atomic mass is 10.0. The van der Waals surface area contributed by atoms with E-state index in [-0.39, 0.29) is 17.6 Å². The molecule has 0 aromatic carbocycles. The van der Waals surface area contributed by atoms with Gasteiger partial charge in [0.2, 0.25) is 5.91 Å². The average molecular weight is 320 g/mol. The SMILES string of the molecule is CCn1ccc(C(C)NC(=O)C(C)(C)n2cc([N+](=O)[O-])cn2)n1. The molecule has 9 heteroatoms. The zero-order chi connectivity index (χ0) is 17.2. The smallest absolute Gasteiger partial charge is 0.307 e. The van der Waals surface area contributed by atoms with Crippen LogP contribution in [-0.2, 0) is 16.9 Å². The van der Waals surface area contributed by atoms with Gasteiger partial charge in [0.15, 0.2) is 0 Å². The summed E-state index contributed by atoms with van der Waals surface area (Å²) in [6.45, 7) is 7.87. The molecule has 23 heavy (non-hydrogen) atoms. The van der Waals surface area contributed by atoms with Gasteiger partial charge in [0.1, 0.15) is 17.9 Å². The first kappa shape index (κ1) is 16.7. The maximum atomic E-state index is 12.5. The highest BCUT2D eigenvalue weighted by Crippen LogP contribution is 2.20. The number of nitro groups is 1. The fourth-order valence-electron chi connectivity index (χ4n) is 2.05. The quantitative estimate of drug-likeness (QED) is 0.642. The fourth-order valence-corrected chi connectivity index (χ4v) is 2.05. The van der Waals surface area contributed by atoms with Gasteiger partial charge in [-0.05, 0) is 33.8 Å². The molecule has 0 aliphatic heterocycles. The van der Waals surface area contributed by atoms with Gasteiger partial charge < -0.3 is 5.32 Å². The van der Waals surface area contributed by atoms with Crippen molar-refractivity contribution in [2.75, 3.05) is 0 Å².